The number of halogens is 1. The van der Waals surface area contributed by atoms with E-state index in [1.54, 1.807) is 0 Å². The Morgan fingerprint density at radius 2 is 1.78 bits per heavy atom. The average molecular weight is 431 g/mol. The van der Waals surface area contributed by atoms with Crippen molar-refractivity contribution >= 4 is 27.5 Å². The van der Waals surface area contributed by atoms with Crippen molar-refractivity contribution in [1.82, 2.24) is 4.90 Å². The van der Waals surface area contributed by atoms with Gasteiger partial charge in [-0.1, -0.05) is 32.0 Å². The van der Waals surface area contributed by atoms with Crippen molar-refractivity contribution in [3.63, 3.8) is 0 Å². The third-order valence-electron chi connectivity index (χ3n) is 4.82. The minimum atomic E-state index is 0.0807. The summed E-state index contributed by atoms with van der Waals surface area (Å²) < 4.78 is 6.65. The second kappa shape index (κ2) is 9.27. The van der Waals surface area contributed by atoms with Gasteiger partial charge < -0.3 is 14.5 Å². The second-order valence-corrected chi connectivity index (χ2v) is 8.15. The van der Waals surface area contributed by atoms with Crippen LogP contribution in [0.15, 0.2) is 53.0 Å². The fraction of sp³-hybridized carbons (Fsp3) is 0.409. The van der Waals surface area contributed by atoms with E-state index in [4.69, 9.17) is 4.74 Å². The summed E-state index contributed by atoms with van der Waals surface area (Å²) in [5.41, 5.74) is 1.92. The van der Waals surface area contributed by atoms with Gasteiger partial charge in [0.25, 0.3) is 5.91 Å². The average Bonchev–Trinajstić information content (AvgIpc) is 2.69. The van der Waals surface area contributed by atoms with E-state index in [0.717, 1.165) is 42.8 Å². The molecule has 0 N–H and O–H groups in total. The number of anilines is 1. The van der Waals surface area contributed by atoms with E-state index >= 15 is 0 Å². The van der Waals surface area contributed by atoms with Crippen LogP contribution in [-0.4, -0.2) is 43.6 Å². The SMILES string of the molecule is CC(C)CCOc1ccc(C(=O)N2CCN(c3ccccc3)CC2)cc1Br. The molecule has 27 heavy (non-hydrogen) atoms. The van der Waals surface area contributed by atoms with Crippen molar-refractivity contribution < 1.29 is 9.53 Å². The Bertz CT molecular complexity index is 756. The largest absolute Gasteiger partial charge is 0.492 e. The lowest BCUT2D eigenvalue weighted by molar-refractivity contribution is 0.0746. The fourth-order valence-electron chi connectivity index (χ4n) is 3.14. The molecular weight excluding hydrogens is 404 g/mol. The number of benzene rings is 2. The molecule has 2 aromatic rings. The van der Waals surface area contributed by atoms with Gasteiger partial charge in [-0.3, -0.25) is 4.79 Å². The molecule has 0 aromatic heterocycles. The third-order valence-corrected chi connectivity index (χ3v) is 5.44. The molecular formula is C22H27BrN2O2. The number of hydrogen-bond acceptors (Lipinski definition) is 3. The molecule has 3 rings (SSSR count). The van der Waals surface area contributed by atoms with E-state index in [0.29, 0.717) is 18.1 Å². The lowest BCUT2D eigenvalue weighted by Gasteiger charge is -2.36. The number of ether oxygens (including phenoxy) is 1. The minimum Gasteiger partial charge on any atom is -0.492 e. The summed E-state index contributed by atoms with van der Waals surface area (Å²) in [7, 11) is 0. The van der Waals surface area contributed by atoms with Gasteiger partial charge in [-0.2, -0.15) is 0 Å². The number of carbonyl (C=O) groups excluding carboxylic acids is 1. The fourth-order valence-corrected chi connectivity index (χ4v) is 3.64. The number of amides is 1. The van der Waals surface area contributed by atoms with Crippen LogP contribution < -0.4 is 9.64 Å². The summed E-state index contributed by atoms with van der Waals surface area (Å²) >= 11 is 3.54. The molecule has 0 atom stereocenters. The van der Waals surface area contributed by atoms with E-state index in [1.807, 2.05) is 29.2 Å². The minimum absolute atomic E-state index is 0.0807. The van der Waals surface area contributed by atoms with Gasteiger partial charge in [0, 0.05) is 37.4 Å². The number of hydrogen-bond donors (Lipinski definition) is 0. The van der Waals surface area contributed by atoms with E-state index in [9.17, 15) is 4.79 Å². The van der Waals surface area contributed by atoms with Gasteiger partial charge >= 0.3 is 0 Å². The second-order valence-electron chi connectivity index (χ2n) is 7.29. The Labute approximate surface area is 170 Å². The van der Waals surface area contributed by atoms with E-state index in [2.05, 4.69) is 58.9 Å². The van der Waals surface area contributed by atoms with Gasteiger partial charge in [-0.15, -0.1) is 0 Å². The highest BCUT2D eigenvalue weighted by molar-refractivity contribution is 9.10. The first-order valence-electron chi connectivity index (χ1n) is 9.56. The summed E-state index contributed by atoms with van der Waals surface area (Å²) in [5.74, 6) is 1.48. The van der Waals surface area contributed by atoms with Gasteiger partial charge in [0.05, 0.1) is 11.1 Å². The monoisotopic (exact) mass is 430 g/mol. The molecule has 1 saturated heterocycles. The lowest BCUT2D eigenvalue weighted by atomic mass is 10.1. The van der Waals surface area contributed by atoms with Crippen LogP contribution in [0, 0.1) is 5.92 Å². The van der Waals surface area contributed by atoms with E-state index in [1.165, 1.54) is 5.69 Å². The summed E-state index contributed by atoms with van der Waals surface area (Å²) in [6.45, 7) is 8.22. The lowest BCUT2D eigenvalue weighted by Crippen LogP contribution is -2.48. The zero-order valence-electron chi connectivity index (χ0n) is 16.0. The van der Waals surface area contributed by atoms with E-state index in [-0.39, 0.29) is 5.91 Å². The Morgan fingerprint density at radius 3 is 2.41 bits per heavy atom. The molecule has 0 aliphatic carbocycles. The van der Waals surface area contributed by atoms with Crippen molar-refractivity contribution in [3.05, 3.63) is 58.6 Å². The van der Waals surface area contributed by atoms with Crippen LogP contribution in [-0.2, 0) is 0 Å². The third kappa shape index (κ3) is 5.25. The van der Waals surface area contributed by atoms with E-state index < -0.39 is 0 Å². The molecule has 1 heterocycles. The predicted molar refractivity (Wildman–Crippen MR) is 114 cm³/mol. The molecule has 1 amide bonds. The van der Waals surface area contributed by atoms with Crippen LogP contribution in [0.4, 0.5) is 5.69 Å². The predicted octanol–water partition coefficient (Wildman–Crippen LogP) is 4.84. The molecule has 0 bridgehead atoms. The molecule has 0 radical (unpaired) electrons. The van der Waals surface area contributed by atoms with Gasteiger partial charge in [0.1, 0.15) is 5.75 Å². The zero-order valence-corrected chi connectivity index (χ0v) is 17.6. The Balaban J connectivity index is 1.57. The molecule has 5 heteroatoms. The maximum absolute atomic E-state index is 12.9. The van der Waals surface area contributed by atoms with Gasteiger partial charge in [-0.05, 0) is 58.6 Å². The smallest absolute Gasteiger partial charge is 0.254 e. The molecule has 0 saturated carbocycles. The quantitative estimate of drug-likeness (QED) is 0.657. The maximum atomic E-state index is 12.9. The normalized spacial score (nSPS) is 14.5. The zero-order chi connectivity index (χ0) is 19.2. The van der Waals surface area contributed by atoms with Crippen LogP contribution in [0.2, 0.25) is 0 Å². The van der Waals surface area contributed by atoms with Gasteiger partial charge in [0.2, 0.25) is 0 Å². The van der Waals surface area contributed by atoms with Crippen LogP contribution in [0.1, 0.15) is 30.6 Å². The van der Waals surface area contributed by atoms with Gasteiger partial charge in [0.15, 0.2) is 0 Å². The topological polar surface area (TPSA) is 32.8 Å². The molecule has 144 valence electrons. The molecule has 4 nitrogen and oxygen atoms in total. The molecule has 0 spiro atoms. The highest BCUT2D eigenvalue weighted by Crippen LogP contribution is 2.27. The van der Waals surface area contributed by atoms with Crippen LogP contribution >= 0.6 is 15.9 Å². The number of nitrogens with zero attached hydrogens (tertiary/aromatic N) is 2. The highest BCUT2D eigenvalue weighted by atomic mass is 79.9. The van der Waals surface area contributed by atoms with Crippen molar-refractivity contribution in [2.75, 3.05) is 37.7 Å². The van der Waals surface area contributed by atoms with Crippen LogP contribution in [0.3, 0.4) is 0 Å². The molecule has 0 unspecified atom stereocenters. The molecule has 1 aliphatic rings. The summed E-state index contributed by atoms with van der Waals surface area (Å²) in [5, 5.41) is 0. The Kier molecular flexibility index (Phi) is 6.78. The molecule has 1 aliphatic heterocycles. The van der Waals surface area contributed by atoms with Gasteiger partial charge in [-0.25, -0.2) is 0 Å². The molecule has 2 aromatic carbocycles. The maximum Gasteiger partial charge on any atom is 0.254 e. The first-order valence-corrected chi connectivity index (χ1v) is 10.4. The number of piperazine rings is 1. The van der Waals surface area contributed by atoms with Crippen molar-refractivity contribution in [2.45, 2.75) is 20.3 Å². The Morgan fingerprint density at radius 1 is 1.07 bits per heavy atom. The van der Waals surface area contributed by atoms with Crippen molar-refractivity contribution in [1.29, 1.82) is 0 Å². The summed E-state index contributed by atoms with van der Waals surface area (Å²) in [6.07, 6.45) is 1.01. The number of carbonyl (C=O) groups is 1. The number of rotatable bonds is 6. The van der Waals surface area contributed by atoms with Crippen molar-refractivity contribution in [3.8, 4) is 5.75 Å². The Hall–Kier alpha value is -2.01. The van der Waals surface area contributed by atoms with Crippen molar-refractivity contribution in [2.24, 2.45) is 5.92 Å². The first kappa shape index (κ1) is 19.7. The standard InChI is InChI=1S/C22H27BrN2O2/c1-17(2)10-15-27-21-9-8-18(16-20(21)23)22(26)25-13-11-24(12-14-25)19-6-4-3-5-7-19/h3-9,16-17H,10-15H2,1-2H3. The summed E-state index contributed by atoms with van der Waals surface area (Å²) in [4.78, 5) is 17.1. The van der Waals surface area contributed by atoms with Crippen LogP contribution in [0.5, 0.6) is 5.75 Å². The first-order chi connectivity index (χ1) is 13.0. The van der Waals surface area contributed by atoms with Crippen LogP contribution in [0.25, 0.3) is 0 Å². The number of para-hydroxylation sites is 1. The summed E-state index contributed by atoms with van der Waals surface area (Å²) in [6, 6.07) is 16.0. The highest BCUT2D eigenvalue weighted by Gasteiger charge is 2.22. The molecule has 1 fully saturated rings.